The number of hydrogen-bond acceptors (Lipinski definition) is 2. The number of nitrogens with zero attached hydrogens (tertiary/aromatic N) is 1. The van der Waals surface area contributed by atoms with Gasteiger partial charge in [0.05, 0.1) is 5.69 Å². The second-order valence-electron chi connectivity index (χ2n) is 6.27. The third-order valence-corrected chi connectivity index (χ3v) is 4.96. The third kappa shape index (κ3) is 4.24. The fraction of sp³-hybridized carbons (Fsp3) is 0.143. The molecule has 0 saturated heterocycles. The number of aromatic nitrogens is 1. The summed E-state index contributed by atoms with van der Waals surface area (Å²) in [6.07, 6.45) is 0. The first-order chi connectivity index (χ1) is 12.9. The largest absolute Gasteiger partial charge is 0.348 e. The van der Waals surface area contributed by atoms with E-state index in [2.05, 4.69) is 5.32 Å². The molecule has 1 heterocycles. The Morgan fingerprint density at radius 3 is 2.37 bits per heavy atom. The molecule has 0 aliphatic rings. The Balaban J connectivity index is 1.90. The van der Waals surface area contributed by atoms with Crippen LogP contribution in [0.5, 0.6) is 0 Å². The predicted octanol–water partition coefficient (Wildman–Crippen LogP) is 4.69. The van der Waals surface area contributed by atoms with Crippen LogP contribution in [-0.2, 0) is 6.54 Å². The number of rotatable bonds is 4. The first kappa shape index (κ1) is 19.2. The highest BCUT2D eigenvalue weighted by Gasteiger charge is 2.15. The van der Waals surface area contributed by atoms with Crippen molar-refractivity contribution in [3.8, 4) is 5.69 Å². The van der Waals surface area contributed by atoms with Crippen molar-refractivity contribution in [2.75, 3.05) is 0 Å². The van der Waals surface area contributed by atoms with E-state index in [9.17, 15) is 9.59 Å². The highest BCUT2D eigenvalue weighted by Crippen LogP contribution is 2.19. The van der Waals surface area contributed by atoms with Gasteiger partial charge in [-0.15, -0.1) is 0 Å². The number of aryl methyl sites for hydroxylation is 2. The lowest BCUT2D eigenvalue weighted by Crippen LogP contribution is -2.33. The van der Waals surface area contributed by atoms with E-state index >= 15 is 0 Å². The summed E-state index contributed by atoms with van der Waals surface area (Å²) in [5.74, 6) is -0.429. The summed E-state index contributed by atoms with van der Waals surface area (Å²) in [6, 6.07) is 15.8. The molecular formula is C21H18Cl2N2O2. The second-order valence-corrected chi connectivity index (χ2v) is 7.12. The topological polar surface area (TPSA) is 51.1 Å². The zero-order valence-electron chi connectivity index (χ0n) is 14.9. The number of hydrogen-bond donors (Lipinski definition) is 1. The van der Waals surface area contributed by atoms with Gasteiger partial charge in [0.1, 0.15) is 5.56 Å². The first-order valence-electron chi connectivity index (χ1n) is 8.38. The summed E-state index contributed by atoms with van der Waals surface area (Å²) in [5, 5.41) is 3.97. The highest BCUT2D eigenvalue weighted by molar-refractivity contribution is 6.31. The maximum atomic E-state index is 12.9. The molecule has 27 heavy (non-hydrogen) atoms. The standard InChI is InChI=1S/C21H18Cl2N2O2/c1-13-3-9-17(11-19(13)23)25-14(2)4-10-18(21(25)27)20(26)24-12-15-5-7-16(22)8-6-15/h3-11H,12H2,1-2H3,(H,24,26). The van der Waals surface area contributed by atoms with Crippen molar-refractivity contribution in [3.05, 3.63) is 97.4 Å². The van der Waals surface area contributed by atoms with Crippen LogP contribution in [0.4, 0.5) is 0 Å². The molecule has 6 heteroatoms. The summed E-state index contributed by atoms with van der Waals surface area (Å²) < 4.78 is 1.49. The molecule has 0 fully saturated rings. The maximum Gasteiger partial charge on any atom is 0.268 e. The lowest BCUT2D eigenvalue weighted by atomic mass is 10.1. The molecule has 1 aromatic heterocycles. The summed E-state index contributed by atoms with van der Waals surface area (Å²) in [7, 11) is 0. The SMILES string of the molecule is Cc1ccc(-n2c(C)ccc(C(=O)NCc3ccc(Cl)cc3)c2=O)cc1Cl. The minimum atomic E-state index is -0.429. The fourth-order valence-electron chi connectivity index (χ4n) is 2.72. The molecule has 2 aromatic carbocycles. The van der Waals surface area contributed by atoms with Gasteiger partial charge in [0.15, 0.2) is 0 Å². The number of nitrogens with one attached hydrogen (secondary N) is 1. The Bertz CT molecular complexity index is 1060. The Morgan fingerprint density at radius 2 is 1.70 bits per heavy atom. The van der Waals surface area contributed by atoms with Crippen LogP contribution in [0, 0.1) is 13.8 Å². The number of halogens is 2. The molecule has 0 bridgehead atoms. The molecule has 4 nitrogen and oxygen atoms in total. The number of amides is 1. The van der Waals surface area contributed by atoms with E-state index in [0.717, 1.165) is 11.1 Å². The molecule has 0 radical (unpaired) electrons. The third-order valence-electron chi connectivity index (χ3n) is 4.30. The minimum absolute atomic E-state index is 0.0752. The zero-order valence-corrected chi connectivity index (χ0v) is 16.4. The molecule has 1 amide bonds. The average molecular weight is 401 g/mol. The van der Waals surface area contributed by atoms with E-state index in [1.165, 1.54) is 4.57 Å². The van der Waals surface area contributed by atoms with E-state index in [1.54, 1.807) is 30.3 Å². The maximum absolute atomic E-state index is 12.9. The van der Waals surface area contributed by atoms with Gasteiger partial charge in [0.2, 0.25) is 0 Å². The van der Waals surface area contributed by atoms with Crippen LogP contribution in [0.3, 0.4) is 0 Å². The van der Waals surface area contributed by atoms with Crippen LogP contribution < -0.4 is 10.9 Å². The predicted molar refractivity (Wildman–Crippen MR) is 109 cm³/mol. The van der Waals surface area contributed by atoms with Crippen molar-refractivity contribution >= 4 is 29.1 Å². The summed E-state index contributed by atoms with van der Waals surface area (Å²) in [5.41, 5.74) is 2.85. The van der Waals surface area contributed by atoms with Crippen molar-refractivity contribution in [2.45, 2.75) is 20.4 Å². The zero-order chi connectivity index (χ0) is 19.6. The Morgan fingerprint density at radius 1 is 1.00 bits per heavy atom. The molecular weight excluding hydrogens is 383 g/mol. The van der Waals surface area contributed by atoms with Gasteiger partial charge in [-0.05, 0) is 61.4 Å². The fourth-order valence-corrected chi connectivity index (χ4v) is 3.03. The number of pyridine rings is 1. The molecule has 3 aromatic rings. The van der Waals surface area contributed by atoms with Crippen LogP contribution in [0.25, 0.3) is 5.69 Å². The van der Waals surface area contributed by atoms with E-state index in [-0.39, 0.29) is 11.1 Å². The molecule has 0 spiro atoms. The van der Waals surface area contributed by atoms with E-state index in [4.69, 9.17) is 23.2 Å². The van der Waals surface area contributed by atoms with Crippen LogP contribution in [0.1, 0.15) is 27.2 Å². The van der Waals surface area contributed by atoms with Gasteiger partial charge >= 0.3 is 0 Å². The van der Waals surface area contributed by atoms with E-state index in [1.807, 2.05) is 38.1 Å². The lowest BCUT2D eigenvalue weighted by molar-refractivity contribution is 0.0949. The van der Waals surface area contributed by atoms with E-state index < -0.39 is 5.91 Å². The summed E-state index contributed by atoms with van der Waals surface area (Å²) in [4.78, 5) is 25.5. The van der Waals surface area contributed by atoms with Gasteiger partial charge in [-0.3, -0.25) is 14.2 Å². The van der Waals surface area contributed by atoms with Gasteiger partial charge < -0.3 is 5.32 Å². The number of carbonyl (C=O) groups excluding carboxylic acids is 1. The quantitative estimate of drug-likeness (QED) is 0.690. The number of benzene rings is 2. The van der Waals surface area contributed by atoms with Crippen LogP contribution >= 0.6 is 23.2 Å². The van der Waals surface area contributed by atoms with Crippen molar-refractivity contribution in [3.63, 3.8) is 0 Å². The van der Waals surface area contributed by atoms with Crippen LogP contribution in [-0.4, -0.2) is 10.5 Å². The number of carbonyl (C=O) groups is 1. The molecule has 0 unspecified atom stereocenters. The molecule has 3 rings (SSSR count). The first-order valence-corrected chi connectivity index (χ1v) is 9.14. The smallest absolute Gasteiger partial charge is 0.268 e. The molecule has 0 saturated carbocycles. The second kappa shape index (κ2) is 7.99. The highest BCUT2D eigenvalue weighted by atomic mass is 35.5. The molecule has 138 valence electrons. The monoisotopic (exact) mass is 400 g/mol. The average Bonchev–Trinajstić information content (AvgIpc) is 2.64. The van der Waals surface area contributed by atoms with Crippen molar-refractivity contribution in [2.24, 2.45) is 0 Å². The molecule has 0 atom stereocenters. The van der Waals surface area contributed by atoms with Crippen molar-refractivity contribution in [1.29, 1.82) is 0 Å². The Labute approximate surface area is 167 Å². The summed E-state index contributed by atoms with van der Waals surface area (Å²) in [6.45, 7) is 4.01. The van der Waals surface area contributed by atoms with Gasteiger partial charge in [-0.2, -0.15) is 0 Å². The van der Waals surface area contributed by atoms with Gasteiger partial charge in [0.25, 0.3) is 11.5 Å². The van der Waals surface area contributed by atoms with Gasteiger partial charge in [-0.25, -0.2) is 0 Å². The Kier molecular flexibility index (Phi) is 5.68. The summed E-state index contributed by atoms with van der Waals surface area (Å²) >= 11 is 12.1. The molecule has 1 N–H and O–H groups in total. The van der Waals surface area contributed by atoms with Crippen LogP contribution in [0.2, 0.25) is 10.0 Å². The minimum Gasteiger partial charge on any atom is -0.348 e. The molecule has 0 aliphatic heterocycles. The normalized spacial score (nSPS) is 10.7. The van der Waals surface area contributed by atoms with Crippen molar-refractivity contribution < 1.29 is 4.79 Å². The van der Waals surface area contributed by atoms with Crippen LogP contribution in [0.15, 0.2) is 59.4 Å². The van der Waals surface area contributed by atoms with Gasteiger partial charge in [0, 0.05) is 22.3 Å². The van der Waals surface area contributed by atoms with Gasteiger partial charge in [-0.1, -0.05) is 41.4 Å². The van der Waals surface area contributed by atoms with E-state index in [0.29, 0.717) is 28.0 Å². The lowest BCUT2D eigenvalue weighted by Gasteiger charge is -2.13. The van der Waals surface area contributed by atoms with Crippen molar-refractivity contribution in [1.82, 2.24) is 9.88 Å². The molecule has 0 aliphatic carbocycles. The Hall–Kier alpha value is -2.56.